The van der Waals surface area contributed by atoms with Gasteiger partial charge in [-0.3, -0.25) is 0 Å². The minimum absolute atomic E-state index is 0.890. The van der Waals surface area contributed by atoms with Gasteiger partial charge in [0, 0.05) is 44.0 Å². The van der Waals surface area contributed by atoms with E-state index in [4.69, 9.17) is 4.74 Å². The van der Waals surface area contributed by atoms with Crippen LogP contribution < -0.4 is 4.74 Å². The molecule has 0 aliphatic heterocycles. The number of ether oxygens (including phenoxy) is 1. The van der Waals surface area contributed by atoms with E-state index in [9.17, 15) is 0 Å². The second kappa shape index (κ2) is 12.4. The van der Waals surface area contributed by atoms with Crippen molar-refractivity contribution in [2.24, 2.45) is 0 Å². The highest BCUT2D eigenvalue weighted by molar-refractivity contribution is 6.11. The fraction of sp³-hybridized carbons (Fsp3) is 0.0400. The minimum Gasteiger partial charge on any atom is -0.495 e. The number of aromatic nitrogens is 2. The number of hydrogen-bond donors (Lipinski definition) is 0. The molecule has 0 bridgehead atoms. The predicted molar refractivity (Wildman–Crippen MR) is 223 cm³/mol. The average molecular weight is 681 g/mol. The summed E-state index contributed by atoms with van der Waals surface area (Å²) in [6.45, 7) is 2.15. The van der Waals surface area contributed by atoms with Crippen molar-refractivity contribution < 1.29 is 4.74 Å². The van der Waals surface area contributed by atoms with Gasteiger partial charge in [0.15, 0.2) is 0 Å². The van der Waals surface area contributed by atoms with Crippen molar-refractivity contribution in [3.63, 3.8) is 0 Å². The number of rotatable bonds is 6. The molecule has 0 saturated carbocycles. The van der Waals surface area contributed by atoms with Crippen LogP contribution in [-0.2, 0) is 0 Å². The maximum atomic E-state index is 6.07. The van der Waals surface area contributed by atoms with Crippen LogP contribution in [0.15, 0.2) is 182 Å². The Morgan fingerprint density at radius 2 is 0.830 bits per heavy atom. The Morgan fingerprint density at radius 1 is 0.358 bits per heavy atom. The SMILES string of the molecule is COc1c(-c2ccccc2)cc(C)cc1-c1ccc(-n2c3ccccc3c3cc(-c4cccc(-n5c6ccccc6c6ccccc65)c4)ccc32)cc1. The second-order valence-corrected chi connectivity index (χ2v) is 13.8. The van der Waals surface area contributed by atoms with Crippen LogP contribution in [-0.4, -0.2) is 16.2 Å². The lowest BCUT2D eigenvalue weighted by Crippen LogP contribution is -1.96. The first kappa shape index (κ1) is 30.9. The van der Waals surface area contributed by atoms with Crippen LogP contribution in [0.25, 0.3) is 88.4 Å². The van der Waals surface area contributed by atoms with Gasteiger partial charge < -0.3 is 13.9 Å². The highest BCUT2D eigenvalue weighted by Crippen LogP contribution is 2.41. The molecule has 10 rings (SSSR count). The standard InChI is InChI=1S/C50H36N2O/c1-33-29-43(34-13-4-3-5-14-34)50(53-2)44(30-33)35-23-26-38(27-24-35)51-48-22-11-8-19-42(48)45-32-37(25-28-49(45)51)36-15-12-16-39(31-36)52-46-20-9-6-17-40(46)41-18-7-10-21-47(41)52/h3-32H,1-2H3. The Hall–Kier alpha value is -6.84. The molecule has 2 aromatic heterocycles. The van der Waals surface area contributed by atoms with Crippen LogP contribution in [0, 0.1) is 6.92 Å². The molecule has 8 aromatic carbocycles. The van der Waals surface area contributed by atoms with Crippen LogP contribution in [0.5, 0.6) is 5.75 Å². The molecule has 0 radical (unpaired) electrons. The van der Waals surface area contributed by atoms with Gasteiger partial charge >= 0.3 is 0 Å². The van der Waals surface area contributed by atoms with Gasteiger partial charge in [0.25, 0.3) is 0 Å². The lowest BCUT2D eigenvalue weighted by molar-refractivity contribution is 0.418. The maximum Gasteiger partial charge on any atom is 0.134 e. The first-order valence-corrected chi connectivity index (χ1v) is 18.1. The van der Waals surface area contributed by atoms with Gasteiger partial charge in [-0.2, -0.15) is 0 Å². The van der Waals surface area contributed by atoms with Crippen molar-refractivity contribution in [2.75, 3.05) is 7.11 Å². The van der Waals surface area contributed by atoms with E-state index in [-0.39, 0.29) is 0 Å². The van der Waals surface area contributed by atoms with Crippen LogP contribution in [0.1, 0.15) is 5.56 Å². The number of hydrogen-bond acceptors (Lipinski definition) is 1. The first-order chi connectivity index (χ1) is 26.2. The largest absolute Gasteiger partial charge is 0.495 e. The van der Waals surface area contributed by atoms with E-state index in [2.05, 4.69) is 192 Å². The molecule has 0 fully saturated rings. The maximum absolute atomic E-state index is 6.07. The summed E-state index contributed by atoms with van der Waals surface area (Å²) < 4.78 is 10.8. The zero-order valence-electron chi connectivity index (χ0n) is 29.6. The topological polar surface area (TPSA) is 19.1 Å². The Kier molecular flexibility index (Phi) is 7.26. The first-order valence-electron chi connectivity index (χ1n) is 18.1. The number of methoxy groups -OCH3 is 1. The van der Waals surface area contributed by atoms with Crippen molar-refractivity contribution in [3.8, 4) is 50.5 Å². The molecule has 0 N–H and O–H groups in total. The summed E-state index contributed by atoms with van der Waals surface area (Å²) in [5, 5.41) is 5.01. The Labute approximate surface area is 308 Å². The third-order valence-corrected chi connectivity index (χ3v) is 10.6. The van der Waals surface area contributed by atoms with E-state index in [0.717, 1.165) is 39.4 Å². The van der Waals surface area contributed by atoms with Crippen LogP contribution >= 0.6 is 0 Å². The molecule has 0 spiro atoms. The van der Waals surface area contributed by atoms with E-state index >= 15 is 0 Å². The summed E-state index contributed by atoms with van der Waals surface area (Å²) in [5.41, 5.74) is 15.1. The summed E-state index contributed by atoms with van der Waals surface area (Å²) >= 11 is 0. The molecule has 53 heavy (non-hydrogen) atoms. The number of para-hydroxylation sites is 3. The molecule has 3 heteroatoms. The fourth-order valence-corrected chi connectivity index (χ4v) is 8.29. The smallest absolute Gasteiger partial charge is 0.134 e. The Balaban J connectivity index is 1.07. The van der Waals surface area contributed by atoms with Gasteiger partial charge in [0.05, 0.1) is 29.2 Å². The molecule has 0 atom stereocenters. The molecule has 0 amide bonds. The molecular formula is C50H36N2O. The predicted octanol–water partition coefficient (Wildman–Crippen LogP) is 13.2. The number of nitrogens with zero attached hydrogens (tertiary/aromatic N) is 2. The summed E-state index contributed by atoms with van der Waals surface area (Å²) in [6.07, 6.45) is 0. The molecule has 0 aliphatic rings. The fourth-order valence-electron chi connectivity index (χ4n) is 8.29. The molecule has 2 heterocycles. The Morgan fingerprint density at radius 3 is 1.45 bits per heavy atom. The Bertz CT molecular complexity index is 2930. The average Bonchev–Trinajstić information content (AvgIpc) is 3.74. The van der Waals surface area contributed by atoms with Crippen LogP contribution in [0.4, 0.5) is 0 Å². The van der Waals surface area contributed by atoms with Crippen molar-refractivity contribution in [2.45, 2.75) is 6.92 Å². The number of fused-ring (bicyclic) bond motifs is 6. The van der Waals surface area contributed by atoms with Crippen molar-refractivity contribution in [1.82, 2.24) is 9.13 Å². The normalized spacial score (nSPS) is 11.6. The lowest BCUT2D eigenvalue weighted by atomic mass is 9.94. The molecule has 252 valence electrons. The molecule has 0 aliphatic carbocycles. The van der Waals surface area contributed by atoms with Gasteiger partial charge in [-0.25, -0.2) is 0 Å². The van der Waals surface area contributed by atoms with Crippen molar-refractivity contribution >= 4 is 43.6 Å². The van der Waals surface area contributed by atoms with Crippen LogP contribution in [0.3, 0.4) is 0 Å². The third-order valence-electron chi connectivity index (χ3n) is 10.6. The summed E-state index contributed by atoms with van der Waals surface area (Å²) in [6, 6.07) is 65.7. The van der Waals surface area contributed by atoms with Gasteiger partial charge in [0.2, 0.25) is 0 Å². The molecule has 0 saturated heterocycles. The minimum atomic E-state index is 0.890. The summed E-state index contributed by atoms with van der Waals surface area (Å²) in [7, 11) is 1.77. The third kappa shape index (κ3) is 5.04. The van der Waals surface area contributed by atoms with E-state index in [0.29, 0.717) is 0 Å². The number of benzene rings is 8. The molecular weight excluding hydrogens is 645 g/mol. The molecule has 3 nitrogen and oxygen atoms in total. The van der Waals surface area contributed by atoms with Gasteiger partial charge in [-0.1, -0.05) is 115 Å². The highest BCUT2D eigenvalue weighted by Gasteiger charge is 2.17. The lowest BCUT2D eigenvalue weighted by Gasteiger charge is -2.16. The van der Waals surface area contributed by atoms with Crippen molar-refractivity contribution in [1.29, 1.82) is 0 Å². The zero-order valence-corrected chi connectivity index (χ0v) is 29.6. The summed E-state index contributed by atoms with van der Waals surface area (Å²) in [5.74, 6) is 0.890. The van der Waals surface area contributed by atoms with E-state index in [1.807, 2.05) is 6.07 Å². The van der Waals surface area contributed by atoms with E-state index < -0.39 is 0 Å². The second-order valence-electron chi connectivity index (χ2n) is 13.8. The quantitative estimate of drug-likeness (QED) is 0.171. The van der Waals surface area contributed by atoms with E-state index in [1.165, 1.54) is 60.3 Å². The monoisotopic (exact) mass is 680 g/mol. The number of aryl methyl sites for hydroxylation is 1. The summed E-state index contributed by atoms with van der Waals surface area (Å²) in [4.78, 5) is 0. The zero-order chi connectivity index (χ0) is 35.5. The van der Waals surface area contributed by atoms with Gasteiger partial charge in [0.1, 0.15) is 5.75 Å². The van der Waals surface area contributed by atoms with Gasteiger partial charge in [-0.05, 0) is 101 Å². The van der Waals surface area contributed by atoms with Gasteiger partial charge in [-0.15, -0.1) is 0 Å². The van der Waals surface area contributed by atoms with E-state index in [1.54, 1.807) is 7.11 Å². The van der Waals surface area contributed by atoms with Crippen LogP contribution in [0.2, 0.25) is 0 Å². The van der Waals surface area contributed by atoms with Crippen molar-refractivity contribution in [3.05, 3.63) is 188 Å². The highest BCUT2D eigenvalue weighted by atomic mass is 16.5. The molecule has 0 unspecified atom stereocenters. The molecule has 10 aromatic rings.